The van der Waals surface area contributed by atoms with E-state index in [1.807, 2.05) is 36.1 Å². The van der Waals surface area contributed by atoms with E-state index >= 15 is 0 Å². The van der Waals surface area contributed by atoms with Gasteiger partial charge in [-0.25, -0.2) is 0 Å². The summed E-state index contributed by atoms with van der Waals surface area (Å²) in [6, 6.07) is 11.3. The monoisotopic (exact) mass is 449 g/mol. The molecule has 2 aromatic rings. The molecule has 8 heteroatoms. The number of benzene rings is 2. The van der Waals surface area contributed by atoms with Crippen LogP contribution in [0.15, 0.2) is 36.4 Å². The highest BCUT2D eigenvalue weighted by Crippen LogP contribution is 2.33. The van der Waals surface area contributed by atoms with Crippen LogP contribution in [0, 0.1) is 6.92 Å². The molecule has 3 aliphatic rings. The number of ether oxygens (including phenoxy) is 2. The van der Waals surface area contributed by atoms with E-state index in [-0.39, 0.29) is 31.1 Å². The first-order valence-corrected chi connectivity index (χ1v) is 11.3. The Balaban J connectivity index is 1.07. The van der Waals surface area contributed by atoms with Crippen LogP contribution in [0.25, 0.3) is 0 Å². The van der Waals surface area contributed by atoms with E-state index in [0.717, 1.165) is 42.3 Å². The molecule has 0 spiro atoms. The number of fused-ring (bicyclic) bond motifs is 2. The maximum Gasteiger partial charge on any atom is 0.261 e. The molecule has 3 heterocycles. The molecule has 1 fully saturated rings. The first-order chi connectivity index (χ1) is 16.0. The summed E-state index contributed by atoms with van der Waals surface area (Å²) in [6.45, 7) is 6.20. The van der Waals surface area contributed by atoms with Crippen molar-refractivity contribution in [1.82, 2.24) is 14.7 Å². The maximum atomic E-state index is 12.7. The van der Waals surface area contributed by atoms with Crippen LogP contribution in [-0.2, 0) is 11.3 Å². The number of carbonyl (C=O) groups excluding carboxylic acids is 3. The highest BCUT2D eigenvalue weighted by Gasteiger charge is 2.35. The summed E-state index contributed by atoms with van der Waals surface area (Å²) in [7, 11) is 0. The van der Waals surface area contributed by atoms with Gasteiger partial charge in [0.15, 0.2) is 11.5 Å². The molecule has 1 saturated heterocycles. The summed E-state index contributed by atoms with van der Waals surface area (Å²) in [5, 5.41) is 0. The van der Waals surface area contributed by atoms with Gasteiger partial charge in [0, 0.05) is 45.7 Å². The lowest BCUT2D eigenvalue weighted by Crippen LogP contribution is -2.48. The average Bonchev–Trinajstić information content (AvgIpc) is 3.37. The molecule has 0 aromatic heterocycles. The first kappa shape index (κ1) is 21.5. The average molecular weight is 450 g/mol. The molecule has 8 nitrogen and oxygen atoms in total. The van der Waals surface area contributed by atoms with Gasteiger partial charge in [-0.2, -0.15) is 0 Å². The molecule has 0 radical (unpaired) electrons. The number of hydrogen-bond donors (Lipinski definition) is 0. The molecule has 0 atom stereocenters. The van der Waals surface area contributed by atoms with E-state index < -0.39 is 0 Å². The van der Waals surface area contributed by atoms with Gasteiger partial charge in [0.25, 0.3) is 11.8 Å². The lowest BCUT2D eigenvalue weighted by molar-refractivity contribution is -0.133. The zero-order valence-electron chi connectivity index (χ0n) is 18.7. The van der Waals surface area contributed by atoms with Crippen LogP contribution in [0.1, 0.15) is 44.7 Å². The largest absolute Gasteiger partial charge is 0.454 e. The molecule has 2 aromatic carbocycles. The topological polar surface area (TPSA) is 79.4 Å². The molecule has 0 N–H and O–H groups in total. The predicted octanol–water partition coefficient (Wildman–Crippen LogP) is 2.44. The van der Waals surface area contributed by atoms with Gasteiger partial charge in [0.2, 0.25) is 12.7 Å². The Labute approximate surface area is 192 Å². The SMILES string of the molecule is Cc1ccc2c(c1)C(=O)N(CCCC(=O)N1CCN(Cc3ccc4c(c3)OCO4)CC1)C2=O. The summed E-state index contributed by atoms with van der Waals surface area (Å²) in [6.07, 6.45) is 0.801. The molecule has 0 aliphatic carbocycles. The number of imide groups is 1. The molecule has 3 aliphatic heterocycles. The van der Waals surface area contributed by atoms with Gasteiger partial charge in [-0.1, -0.05) is 17.7 Å². The fourth-order valence-electron chi connectivity index (χ4n) is 4.61. The van der Waals surface area contributed by atoms with E-state index in [1.165, 1.54) is 4.90 Å². The molecular weight excluding hydrogens is 422 g/mol. The minimum atomic E-state index is -0.264. The number of aryl methyl sites for hydroxylation is 1. The standard InChI is InChI=1S/C25H27N3O5/c1-17-4-6-19-20(13-17)25(31)28(24(19)30)8-2-3-23(29)27-11-9-26(10-12-27)15-18-5-7-21-22(14-18)33-16-32-21/h4-7,13-14H,2-3,8-12,15-16H2,1H3. The summed E-state index contributed by atoms with van der Waals surface area (Å²) in [5.74, 6) is 1.12. The van der Waals surface area contributed by atoms with Gasteiger partial charge in [-0.05, 0) is 43.2 Å². The smallest absolute Gasteiger partial charge is 0.261 e. The third-order valence-corrected chi connectivity index (χ3v) is 6.47. The van der Waals surface area contributed by atoms with Gasteiger partial charge in [0.05, 0.1) is 11.1 Å². The molecule has 0 saturated carbocycles. The van der Waals surface area contributed by atoms with Crippen molar-refractivity contribution in [1.29, 1.82) is 0 Å². The van der Waals surface area contributed by atoms with Crippen molar-refractivity contribution < 1.29 is 23.9 Å². The van der Waals surface area contributed by atoms with Crippen LogP contribution in [0.3, 0.4) is 0 Å². The molecule has 33 heavy (non-hydrogen) atoms. The van der Waals surface area contributed by atoms with Crippen molar-refractivity contribution in [3.05, 3.63) is 58.7 Å². The van der Waals surface area contributed by atoms with E-state index in [2.05, 4.69) is 4.90 Å². The van der Waals surface area contributed by atoms with Gasteiger partial charge >= 0.3 is 0 Å². The lowest BCUT2D eigenvalue weighted by Gasteiger charge is -2.35. The van der Waals surface area contributed by atoms with E-state index in [1.54, 1.807) is 12.1 Å². The first-order valence-electron chi connectivity index (χ1n) is 11.3. The molecule has 0 unspecified atom stereocenters. The highest BCUT2D eigenvalue weighted by atomic mass is 16.7. The number of nitrogens with zero attached hydrogens (tertiary/aromatic N) is 3. The fraction of sp³-hybridized carbons (Fsp3) is 0.400. The molecular formula is C25H27N3O5. The number of piperazine rings is 1. The van der Waals surface area contributed by atoms with Crippen molar-refractivity contribution in [2.75, 3.05) is 39.5 Å². The zero-order chi connectivity index (χ0) is 22.9. The van der Waals surface area contributed by atoms with Gasteiger partial charge < -0.3 is 14.4 Å². The zero-order valence-corrected chi connectivity index (χ0v) is 18.7. The summed E-state index contributed by atoms with van der Waals surface area (Å²) >= 11 is 0. The van der Waals surface area contributed by atoms with Crippen LogP contribution >= 0.6 is 0 Å². The quantitative estimate of drug-likeness (QED) is 0.631. The van der Waals surface area contributed by atoms with Gasteiger partial charge in [-0.3, -0.25) is 24.2 Å². The molecule has 0 bridgehead atoms. The van der Waals surface area contributed by atoms with Crippen molar-refractivity contribution in [2.24, 2.45) is 0 Å². The Morgan fingerprint density at radius 3 is 2.48 bits per heavy atom. The Hall–Kier alpha value is -3.39. The third-order valence-electron chi connectivity index (χ3n) is 6.47. The van der Waals surface area contributed by atoms with Crippen LogP contribution in [0.2, 0.25) is 0 Å². The summed E-state index contributed by atoms with van der Waals surface area (Å²) < 4.78 is 10.8. The predicted molar refractivity (Wildman–Crippen MR) is 120 cm³/mol. The Morgan fingerprint density at radius 1 is 0.909 bits per heavy atom. The second-order valence-corrected chi connectivity index (χ2v) is 8.76. The van der Waals surface area contributed by atoms with E-state index in [4.69, 9.17) is 9.47 Å². The Morgan fingerprint density at radius 2 is 1.67 bits per heavy atom. The van der Waals surface area contributed by atoms with Gasteiger partial charge in [0.1, 0.15) is 0 Å². The van der Waals surface area contributed by atoms with Crippen LogP contribution in [0.4, 0.5) is 0 Å². The van der Waals surface area contributed by atoms with Crippen molar-refractivity contribution in [3.63, 3.8) is 0 Å². The third kappa shape index (κ3) is 4.30. The van der Waals surface area contributed by atoms with Gasteiger partial charge in [-0.15, -0.1) is 0 Å². The van der Waals surface area contributed by atoms with E-state index in [0.29, 0.717) is 37.1 Å². The van der Waals surface area contributed by atoms with Crippen molar-refractivity contribution >= 4 is 17.7 Å². The molecule has 5 rings (SSSR count). The lowest BCUT2D eigenvalue weighted by atomic mass is 10.1. The maximum absolute atomic E-state index is 12.7. The number of hydrogen-bond acceptors (Lipinski definition) is 6. The molecule has 172 valence electrons. The number of carbonyl (C=O) groups is 3. The minimum absolute atomic E-state index is 0.0742. The minimum Gasteiger partial charge on any atom is -0.454 e. The second kappa shape index (κ2) is 8.86. The van der Waals surface area contributed by atoms with Crippen molar-refractivity contribution in [2.45, 2.75) is 26.3 Å². The Bertz CT molecular complexity index is 1110. The second-order valence-electron chi connectivity index (χ2n) is 8.76. The van der Waals surface area contributed by atoms with Crippen molar-refractivity contribution in [3.8, 4) is 11.5 Å². The van der Waals surface area contributed by atoms with Crippen LogP contribution < -0.4 is 9.47 Å². The molecule has 3 amide bonds. The normalized spacial score (nSPS) is 17.6. The highest BCUT2D eigenvalue weighted by molar-refractivity contribution is 6.21. The summed E-state index contributed by atoms with van der Waals surface area (Å²) in [4.78, 5) is 43.3. The number of amides is 3. The van der Waals surface area contributed by atoms with Crippen LogP contribution in [0.5, 0.6) is 11.5 Å². The van der Waals surface area contributed by atoms with E-state index in [9.17, 15) is 14.4 Å². The fourth-order valence-corrected chi connectivity index (χ4v) is 4.61. The van der Waals surface area contributed by atoms with Crippen LogP contribution in [-0.4, -0.2) is 71.9 Å². The Kier molecular flexibility index (Phi) is 5.76. The number of rotatable bonds is 6. The summed E-state index contributed by atoms with van der Waals surface area (Å²) in [5.41, 5.74) is 3.03.